The zero-order valence-electron chi connectivity index (χ0n) is 8.40. The maximum absolute atomic E-state index is 10.9. The Morgan fingerprint density at radius 3 is 2.93 bits per heavy atom. The van der Waals surface area contributed by atoms with E-state index in [1.165, 1.54) is 11.3 Å². The molecule has 0 spiro atoms. The van der Waals surface area contributed by atoms with Crippen molar-refractivity contribution in [3.8, 4) is 0 Å². The largest absolute Gasteiger partial charge is 0.477 e. The number of nitrogens with zero attached hydrogens (tertiary/aromatic N) is 1. The van der Waals surface area contributed by atoms with Crippen molar-refractivity contribution in [3.63, 3.8) is 0 Å². The van der Waals surface area contributed by atoms with Gasteiger partial charge in [0.15, 0.2) is 0 Å². The van der Waals surface area contributed by atoms with Crippen LogP contribution >= 0.6 is 11.3 Å². The molecule has 0 unspecified atom stereocenters. The highest BCUT2D eigenvalue weighted by Gasteiger charge is 2.16. The lowest BCUT2D eigenvalue weighted by atomic mass is 10.2. The summed E-state index contributed by atoms with van der Waals surface area (Å²) in [5.74, 6) is -0.810. The summed E-state index contributed by atoms with van der Waals surface area (Å²) in [7, 11) is 0. The minimum atomic E-state index is -0.810. The van der Waals surface area contributed by atoms with Crippen LogP contribution in [0, 0.1) is 0 Å². The highest BCUT2D eigenvalue weighted by molar-refractivity contribution is 7.12. The van der Waals surface area contributed by atoms with Crippen molar-refractivity contribution in [2.24, 2.45) is 0 Å². The van der Waals surface area contributed by atoms with Crippen LogP contribution in [0.15, 0.2) is 11.4 Å². The lowest BCUT2D eigenvalue weighted by Crippen LogP contribution is -2.43. The van der Waals surface area contributed by atoms with Crippen LogP contribution in [-0.2, 0) is 6.54 Å². The lowest BCUT2D eigenvalue weighted by Gasteiger charge is -2.26. The van der Waals surface area contributed by atoms with Gasteiger partial charge in [-0.1, -0.05) is 0 Å². The van der Waals surface area contributed by atoms with Crippen LogP contribution < -0.4 is 5.32 Å². The third-order valence-corrected chi connectivity index (χ3v) is 3.49. The molecule has 0 bridgehead atoms. The number of thiophene rings is 1. The summed E-state index contributed by atoms with van der Waals surface area (Å²) in [5, 5.41) is 14.1. The summed E-state index contributed by atoms with van der Waals surface area (Å²) in [6.45, 7) is 4.73. The number of piperazine rings is 1. The molecule has 15 heavy (non-hydrogen) atoms. The number of carbonyl (C=O) groups is 1. The fraction of sp³-hybridized carbons (Fsp3) is 0.500. The highest BCUT2D eigenvalue weighted by atomic mass is 32.1. The average Bonchev–Trinajstić information content (AvgIpc) is 2.67. The van der Waals surface area contributed by atoms with Crippen LogP contribution in [-0.4, -0.2) is 42.2 Å². The van der Waals surface area contributed by atoms with Gasteiger partial charge in [0.1, 0.15) is 4.88 Å². The standard InChI is InChI=1S/C10H14N2O2S/c13-10(14)9-8(1-6-15-9)7-12-4-2-11-3-5-12/h1,6,11H,2-5,7H2,(H,13,14). The second kappa shape index (κ2) is 4.74. The topological polar surface area (TPSA) is 52.6 Å². The summed E-state index contributed by atoms with van der Waals surface area (Å²) in [6, 6.07) is 1.91. The van der Waals surface area contributed by atoms with Crippen LogP contribution in [0.5, 0.6) is 0 Å². The predicted octanol–water partition coefficient (Wildman–Crippen LogP) is 0.852. The first kappa shape index (κ1) is 10.6. The van der Waals surface area contributed by atoms with E-state index in [1.54, 1.807) is 0 Å². The van der Waals surface area contributed by atoms with E-state index in [2.05, 4.69) is 10.2 Å². The van der Waals surface area contributed by atoms with Gasteiger partial charge < -0.3 is 10.4 Å². The number of carboxylic acid groups (broad SMARTS) is 1. The van der Waals surface area contributed by atoms with Gasteiger partial charge in [-0.2, -0.15) is 0 Å². The number of hydrogen-bond acceptors (Lipinski definition) is 4. The molecular formula is C10H14N2O2S. The van der Waals surface area contributed by atoms with Gasteiger partial charge in [0.05, 0.1) is 0 Å². The van der Waals surface area contributed by atoms with E-state index >= 15 is 0 Å². The Bertz CT molecular complexity index is 345. The first-order chi connectivity index (χ1) is 7.27. The molecule has 2 N–H and O–H groups in total. The molecule has 0 aromatic carbocycles. The number of aromatic carboxylic acids is 1. The summed E-state index contributed by atoms with van der Waals surface area (Å²) in [6.07, 6.45) is 0. The van der Waals surface area contributed by atoms with Gasteiger partial charge in [-0.05, 0) is 17.0 Å². The van der Waals surface area contributed by atoms with E-state index in [4.69, 9.17) is 5.11 Å². The zero-order valence-corrected chi connectivity index (χ0v) is 9.22. The first-order valence-corrected chi connectivity index (χ1v) is 5.88. The normalized spacial score (nSPS) is 17.9. The summed E-state index contributed by atoms with van der Waals surface area (Å²) in [4.78, 5) is 13.7. The van der Waals surface area contributed by atoms with Gasteiger partial charge in [-0.25, -0.2) is 4.79 Å². The van der Waals surface area contributed by atoms with E-state index in [-0.39, 0.29) is 0 Å². The quantitative estimate of drug-likeness (QED) is 0.802. The van der Waals surface area contributed by atoms with E-state index < -0.39 is 5.97 Å². The van der Waals surface area contributed by atoms with Crippen molar-refractivity contribution in [3.05, 3.63) is 21.9 Å². The van der Waals surface area contributed by atoms with Crippen molar-refractivity contribution in [1.82, 2.24) is 10.2 Å². The van der Waals surface area contributed by atoms with Crippen molar-refractivity contribution in [2.75, 3.05) is 26.2 Å². The van der Waals surface area contributed by atoms with Crippen molar-refractivity contribution >= 4 is 17.3 Å². The molecule has 4 nitrogen and oxygen atoms in total. The molecule has 0 atom stereocenters. The monoisotopic (exact) mass is 226 g/mol. The Hall–Kier alpha value is -0.910. The Balaban J connectivity index is 2.03. The van der Waals surface area contributed by atoms with E-state index in [0.717, 1.165) is 38.3 Å². The van der Waals surface area contributed by atoms with Crippen LogP contribution in [0.3, 0.4) is 0 Å². The molecule has 2 heterocycles. The van der Waals surface area contributed by atoms with Crippen molar-refractivity contribution in [2.45, 2.75) is 6.54 Å². The Labute approximate surface area is 92.5 Å². The van der Waals surface area contributed by atoms with Gasteiger partial charge >= 0.3 is 5.97 Å². The van der Waals surface area contributed by atoms with Crippen LogP contribution in [0.1, 0.15) is 15.2 Å². The lowest BCUT2D eigenvalue weighted by molar-refractivity contribution is 0.0700. The molecule has 0 amide bonds. The summed E-state index contributed by atoms with van der Waals surface area (Å²) in [5.41, 5.74) is 0.939. The molecule has 0 saturated carbocycles. The molecule has 1 aliphatic rings. The smallest absolute Gasteiger partial charge is 0.346 e. The maximum atomic E-state index is 10.9. The fourth-order valence-electron chi connectivity index (χ4n) is 1.76. The van der Waals surface area contributed by atoms with E-state index in [1.807, 2.05) is 11.4 Å². The maximum Gasteiger partial charge on any atom is 0.346 e. The van der Waals surface area contributed by atoms with E-state index in [9.17, 15) is 4.79 Å². The van der Waals surface area contributed by atoms with Gasteiger partial charge in [0.25, 0.3) is 0 Å². The van der Waals surface area contributed by atoms with Crippen LogP contribution in [0.4, 0.5) is 0 Å². The predicted molar refractivity (Wildman–Crippen MR) is 59.4 cm³/mol. The highest BCUT2D eigenvalue weighted by Crippen LogP contribution is 2.18. The number of rotatable bonds is 3. The minimum absolute atomic E-state index is 0.480. The molecule has 1 aliphatic heterocycles. The molecule has 1 saturated heterocycles. The third kappa shape index (κ3) is 2.56. The molecule has 5 heteroatoms. The first-order valence-electron chi connectivity index (χ1n) is 5.00. The molecule has 2 rings (SSSR count). The minimum Gasteiger partial charge on any atom is -0.477 e. The van der Waals surface area contributed by atoms with Gasteiger partial charge in [0.2, 0.25) is 0 Å². The number of nitrogens with one attached hydrogen (secondary N) is 1. The average molecular weight is 226 g/mol. The molecule has 82 valence electrons. The van der Waals surface area contributed by atoms with Gasteiger partial charge in [-0.15, -0.1) is 11.3 Å². The molecule has 0 radical (unpaired) electrons. The zero-order chi connectivity index (χ0) is 10.7. The Kier molecular flexibility index (Phi) is 3.35. The molecule has 1 aromatic heterocycles. The number of hydrogen-bond donors (Lipinski definition) is 2. The Morgan fingerprint density at radius 1 is 1.53 bits per heavy atom. The van der Waals surface area contributed by atoms with Crippen molar-refractivity contribution in [1.29, 1.82) is 0 Å². The van der Waals surface area contributed by atoms with Gasteiger partial charge in [0, 0.05) is 32.7 Å². The Morgan fingerprint density at radius 2 is 2.27 bits per heavy atom. The van der Waals surface area contributed by atoms with E-state index in [0.29, 0.717) is 4.88 Å². The van der Waals surface area contributed by atoms with Crippen LogP contribution in [0.25, 0.3) is 0 Å². The summed E-state index contributed by atoms with van der Waals surface area (Å²) >= 11 is 1.30. The summed E-state index contributed by atoms with van der Waals surface area (Å²) < 4.78 is 0. The molecular weight excluding hydrogens is 212 g/mol. The third-order valence-electron chi connectivity index (χ3n) is 2.54. The van der Waals surface area contributed by atoms with Gasteiger partial charge in [-0.3, -0.25) is 4.90 Å². The molecule has 1 aromatic rings. The van der Waals surface area contributed by atoms with Crippen LogP contribution in [0.2, 0.25) is 0 Å². The fourth-order valence-corrected chi connectivity index (χ4v) is 2.51. The molecule has 0 aliphatic carbocycles. The van der Waals surface area contributed by atoms with Crippen molar-refractivity contribution < 1.29 is 9.90 Å². The second-order valence-electron chi connectivity index (χ2n) is 3.61. The SMILES string of the molecule is O=C(O)c1sccc1CN1CCNCC1. The molecule has 1 fully saturated rings. The number of carboxylic acids is 1. The second-order valence-corrected chi connectivity index (χ2v) is 4.52.